The zero-order valence-corrected chi connectivity index (χ0v) is 12.0. The first kappa shape index (κ1) is 13.2. The topological polar surface area (TPSA) is 56.7 Å². The van der Waals surface area contributed by atoms with Crippen molar-refractivity contribution in [3.63, 3.8) is 0 Å². The van der Waals surface area contributed by atoms with E-state index in [0.29, 0.717) is 5.82 Å². The van der Waals surface area contributed by atoms with E-state index in [-0.39, 0.29) is 0 Å². The number of aromatic nitrogens is 3. The van der Waals surface area contributed by atoms with Crippen LogP contribution in [0.4, 0.5) is 5.82 Å². The summed E-state index contributed by atoms with van der Waals surface area (Å²) >= 11 is 0. The van der Waals surface area contributed by atoms with Crippen LogP contribution in [0.1, 0.15) is 32.6 Å². The highest BCUT2D eigenvalue weighted by atomic mass is 15.1. The van der Waals surface area contributed by atoms with Crippen molar-refractivity contribution in [1.82, 2.24) is 14.5 Å². The Morgan fingerprint density at radius 1 is 1.35 bits per heavy atom. The Balaban J connectivity index is 1.85. The lowest BCUT2D eigenvalue weighted by Crippen LogP contribution is -2.22. The highest BCUT2D eigenvalue weighted by Gasteiger charge is 2.22. The van der Waals surface area contributed by atoms with E-state index in [2.05, 4.69) is 21.5 Å². The second-order valence-electron chi connectivity index (χ2n) is 5.89. The van der Waals surface area contributed by atoms with Crippen LogP contribution in [0.5, 0.6) is 0 Å². The third kappa shape index (κ3) is 2.55. The van der Waals surface area contributed by atoms with Gasteiger partial charge >= 0.3 is 0 Å². The molecule has 0 aromatic carbocycles. The molecule has 2 N–H and O–H groups in total. The average molecular weight is 270 g/mol. The van der Waals surface area contributed by atoms with Gasteiger partial charge in [0.05, 0.1) is 18.2 Å². The normalized spacial score (nSPS) is 22.9. The van der Waals surface area contributed by atoms with Gasteiger partial charge in [-0.05, 0) is 30.4 Å². The van der Waals surface area contributed by atoms with Crippen LogP contribution in [-0.2, 0) is 6.54 Å². The van der Waals surface area contributed by atoms with Crippen molar-refractivity contribution in [1.29, 1.82) is 0 Å². The molecule has 0 bridgehead atoms. The molecule has 1 aliphatic carbocycles. The number of hydrogen-bond donors (Lipinski definition) is 1. The highest BCUT2D eigenvalue weighted by molar-refractivity contribution is 5.70. The average Bonchev–Trinajstić information content (AvgIpc) is 2.90. The first-order valence-electron chi connectivity index (χ1n) is 7.46. The molecule has 106 valence electrons. The molecular weight excluding hydrogens is 248 g/mol. The number of nitrogen functional groups attached to an aromatic ring is 1. The molecule has 20 heavy (non-hydrogen) atoms. The van der Waals surface area contributed by atoms with Crippen molar-refractivity contribution in [2.75, 3.05) is 5.73 Å². The fourth-order valence-electron chi connectivity index (χ4n) is 3.24. The van der Waals surface area contributed by atoms with Gasteiger partial charge in [0.2, 0.25) is 0 Å². The van der Waals surface area contributed by atoms with Gasteiger partial charge in [0.25, 0.3) is 0 Å². The van der Waals surface area contributed by atoms with Gasteiger partial charge in [0, 0.05) is 18.3 Å². The minimum absolute atomic E-state index is 0.575. The maximum absolute atomic E-state index is 5.99. The third-order valence-corrected chi connectivity index (χ3v) is 4.55. The van der Waals surface area contributed by atoms with Crippen LogP contribution in [0.25, 0.3) is 11.3 Å². The summed E-state index contributed by atoms with van der Waals surface area (Å²) in [6.07, 6.45) is 10.9. The molecule has 0 spiro atoms. The fourth-order valence-corrected chi connectivity index (χ4v) is 3.24. The van der Waals surface area contributed by atoms with Crippen LogP contribution >= 0.6 is 0 Å². The summed E-state index contributed by atoms with van der Waals surface area (Å²) in [6.45, 7) is 3.41. The lowest BCUT2D eigenvalue weighted by atomic mass is 9.80. The molecule has 4 nitrogen and oxygen atoms in total. The van der Waals surface area contributed by atoms with E-state index < -0.39 is 0 Å². The second kappa shape index (κ2) is 5.65. The van der Waals surface area contributed by atoms with Gasteiger partial charge in [-0.15, -0.1) is 0 Å². The van der Waals surface area contributed by atoms with Crippen LogP contribution in [0.2, 0.25) is 0 Å². The highest BCUT2D eigenvalue weighted by Crippen LogP contribution is 2.32. The molecule has 2 aromatic heterocycles. The lowest BCUT2D eigenvalue weighted by molar-refractivity contribution is 0.229. The number of imidazole rings is 1. The summed E-state index contributed by atoms with van der Waals surface area (Å²) in [5, 5.41) is 0. The fraction of sp³-hybridized carbons (Fsp3) is 0.500. The summed E-state index contributed by atoms with van der Waals surface area (Å²) in [5.41, 5.74) is 8.05. The van der Waals surface area contributed by atoms with E-state index >= 15 is 0 Å². The smallest absolute Gasteiger partial charge is 0.132 e. The van der Waals surface area contributed by atoms with Crippen LogP contribution < -0.4 is 5.73 Å². The van der Waals surface area contributed by atoms with Gasteiger partial charge in [-0.1, -0.05) is 26.2 Å². The SMILES string of the molecule is CC1CCCCC1Cn1cncc1-c1cccnc1N. The largest absolute Gasteiger partial charge is 0.383 e. The predicted octanol–water partition coefficient (Wildman–Crippen LogP) is 3.35. The van der Waals surface area contributed by atoms with Crippen LogP contribution in [0.3, 0.4) is 0 Å². The molecule has 3 rings (SSSR count). The number of pyridine rings is 1. The summed E-state index contributed by atoms with van der Waals surface area (Å²) < 4.78 is 2.24. The molecule has 2 heterocycles. The monoisotopic (exact) mass is 270 g/mol. The molecule has 0 amide bonds. The van der Waals surface area contributed by atoms with Crippen molar-refractivity contribution in [3.8, 4) is 11.3 Å². The van der Waals surface area contributed by atoms with E-state index in [1.807, 2.05) is 24.7 Å². The van der Waals surface area contributed by atoms with E-state index in [4.69, 9.17) is 5.73 Å². The Kier molecular flexibility index (Phi) is 3.72. The Labute approximate surface area is 120 Å². The zero-order chi connectivity index (χ0) is 13.9. The minimum atomic E-state index is 0.575. The van der Waals surface area contributed by atoms with Gasteiger partial charge in [-0.2, -0.15) is 0 Å². The molecular formula is C16H22N4. The van der Waals surface area contributed by atoms with E-state index in [1.54, 1.807) is 6.20 Å². The molecule has 1 saturated carbocycles. The number of rotatable bonds is 3. The minimum Gasteiger partial charge on any atom is -0.383 e. The first-order chi connectivity index (χ1) is 9.75. The Hall–Kier alpha value is -1.84. The lowest BCUT2D eigenvalue weighted by Gasteiger charge is -2.29. The predicted molar refractivity (Wildman–Crippen MR) is 81.0 cm³/mol. The Morgan fingerprint density at radius 2 is 2.20 bits per heavy atom. The van der Waals surface area contributed by atoms with Crippen molar-refractivity contribution in [3.05, 3.63) is 30.9 Å². The summed E-state index contributed by atoms with van der Waals surface area (Å²) in [5.74, 6) is 2.12. The molecule has 1 fully saturated rings. The van der Waals surface area contributed by atoms with E-state index in [9.17, 15) is 0 Å². The molecule has 2 atom stereocenters. The molecule has 2 unspecified atom stereocenters. The summed E-state index contributed by atoms with van der Waals surface area (Å²) in [4.78, 5) is 8.48. The third-order valence-electron chi connectivity index (χ3n) is 4.55. The van der Waals surface area contributed by atoms with Crippen molar-refractivity contribution in [2.45, 2.75) is 39.2 Å². The molecule has 0 radical (unpaired) electrons. The van der Waals surface area contributed by atoms with Crippen molar-refractivity contribution >= 4 is 5.82 Å². The maximum Gasteiger partial charge on any atom is 0.132 e. The Bertz CT molecular complexity index is 575. The van der Waals surface area contributed by atoms with Gasteiger partial charge in [0.1, 0.15) is 5.82 Å². The van der Waals surface area contributed by atoms with Gasteiger partial charge in [0.15, 0.2) is 0 Å². The number of anilines is 1. The standard InChI is InChI=1S/C16H22N4/c1-12-5-2-3-6-13(12)10-20-11-18-9-15(20)14-7-4-8-19-16(14)17/h4,7-9,11-13H,2-3,5-6,10H2,1H3,(H2,17,19). The van der Waals surface area contributed by atoms with Crippen molar-refractivity contribution in [2.24, 2.45) is 11.8 Å². The van der Waals surface area contributed by atoms with Gasteiger partial charge in [-0.25, -0.2) is 9.97 Å². The summed E-state index contributed by atoms with van der Waals surface area (Å²) in [7, 11) is 0. The van der Waals surface area contributed by atoms with Crippen LogP contribution in [-0.4, -0.2) is 14.5 Å². The van der Waals surface area contributed by atoms with E-state index in [1.165, 1.54) is 25.7 Å². The molecule has 0 saturated heterocycles. The molecule has 4 heteroatoms. The van der Waals surface area contributed by atoms with E-state index in [0.717, 1.165) is 29.6 Å². The van der Waals surface area contributed by atoms with Gasteiger partial charge < -0.3 is 10.3 Å². The number of nitrogens with two attached hydrogens (primary N) is 1. The van der Waals surface area contributed by atoms with Crippen LogP contribution in [0, 0.1) is 11.8 Å². The van der Waals surface area contributed by atoms with Crippen LogP contribution in [0.15, 0.2) is 30.9 Å². The molecule has 2 aromatic rings. The number of nitrogens with zero attached hydrogens (tertiary/aromatic N) is 3. The first-order valence-corrected chi connectivity index (χ1v) is 7.46. The Morgan fingerprint density at radius 3 is 3.00 bits per heavy atom. The van der Waals surface area contributed by atoms with Gasteiger partial charge in [-0.3, -0.25) is 0 Å². The van der Waals surface area contributed by atoms with Crippen molar-refractivity contribution < 1.29 is 0 Å². The number of hydrogen-bond acceptors (Lipinski definition) is 3. The zero-order valence-electron chi connectivity index (χ0n) is 12.0. The second-order valence-corrected chi connectivity index (χ2v) is 5.89. The molecule has 1 aliphatic rings. The quantitative estimate of drug-likeness (QED) is 0.930. The maximum atomic E-state index is 5.99. The molecule has 0 aliphatic heterocycles. The summed E-state index contributed by atoms with van der Waals surface area (Å²) in [6, 6.07) is 3.94.